The molecule has 0 radical (unpaired) electrons. The van der Waals surface area contributed by atoms with Crippen molar-refractivity contribution in [2.24, 2.45) is 4.99 Å². The third-order valence-electron chi connectivity index (χ3n) is 5.68. The summed E-state index contributed by atoms with van der Waals surface area (Å²) in [5.41, 5.74) is 1.12. The molecule has 2 aliphatic rings. The topological polar surface area (TPSA) is 78.9 Å². The Hall–Kier alpha value is -0.940. The van der Waals surface area contributed by atoms with Crippen molar-refractivity contribution in [2.45, 2.75) is 63.5 Å². The molecule has 1 aromatic heterocycles. The van der Waals surface area contributed by atoms with Crippen LogP contribution in [-0.2, 0) is 22.1 Å². The Kier molecular flexibility index (Phi) is 10.8. The molecule has 2 N–H and O–H groups in total. The number of nitrogens with zero attached hydrogens (tertiary/aromatic N) is 3. The van der Waals surface area contributed by atoms with E-state index in [1.54, 1.807) is 7.05 Å². The number of anilines is 1. The Labute approximate surface area is 200 Å². The Bertz CT molecular complexity index is 703. The highest BCUT2D eigenvalue weighted by molar-refractivity contribution is 14.0. The number of guanidine groups is 1. The molecule has 7 nitrogen and oxygen atoms in total. The van der Waals surface area contributed by atoms with Crippen LogP contribution in [0.4, 0.5) is 5.82 Å². The first-order chi connectivity index (χ1) is 14.1. The van der Waals surface area contributed by atoms with Gasteiger partial charge in [-0.25, -0.2) is 4.98 Å². The number of hydrogen-bond acceptors (Lipinski definition) is 5. The van der Waals surface area contributed by atoms with E-state index in [1.807, 2.05) is 13.1 Å². The summed E-state index contributed by atoms with van der Waals surface area (Å²) in [5.74, 6) is 2.55. The van der Waals surface area contributed by atoms with Crippen LogP contribution in [0.15, 0.2) is 23.3 Å². The van der Waals surface area contributed by atoms with Gasteiger partial charge < -0.3 is 20.3 Å². The lowest BCUT2D eigenvalue weighted by molar-refractivity contribution is 0.0529. The molecule has 4 atom stereocenters. The van der Waals surface area contributed by atoms with Crippen LogP contribution in [0, 0.1) is 0 Å². The SMILES string of the molecule is CCS(=O)C1CCCC(NC(=NC)NCc2ccc(N3CCOC(C)C3)nc2)C1.I. The largest absolute Gasteiger partial charge is 0.375 e. The van der Waals surface area contributed by atoms with Crippen molar-refractivity contribution in [2.75, 3.05) is 37.4 Å². The molecule has 0 amide bonds. The summed E-state index contributed by atoms with van der Waals surface area (Å²) < 4.78 is 17.8. The minimum Gasteiger partial charge on any atom is -0.375 e. The summed E-state index contributed by atoms with van der Waals surface area (Å²) in [5, 5.41) is 7.21. The van der Waals surface area contributed by atoms with Gasteiger partial charge in [0.1, 0.15) is 5.82 Å². The molecule has 30 heavy (non-hydrogen) atoms. The van der Waals surface area contributed by atoms with E-state index < -0.39 is 10.8 Å². The minimum absolute atomic E-state index is 0. The number of halogens is 1. The summed E-state index contributed by atoms with van der Waals surface area (Å²) in [6, 6.07) is 4.53. The van der Waals surface area contributed by atoms with E-state index in [0.717, 1.165) is 68.5 Å². The Morgan fingerprint density at radius 2 is 2.23 bits per heavy atom. The van der Waals surface area contributed by atoms with E-state index in [4.69, 9.17) is 4.74 Å². The van der Waals surface area contributed by atoms with Crippen molar-refractivity contribution >= 4 is 46.6 Å². The summed E-state index contributed by atoms with van der Waals surface area (Å²) in [6.45, 7) is 7.29. The van der Waals surface area contributed by atoms with Crippen molar-refractivity contribution in [3.63, 3.8) is 0 Å². The van der Waals surface area contributed by atoms with Gasteiger partial charge in [-0.05, 0) is 37.8 Å². The number of ether oxygens (including phenoxy) is 1. The number of aromatic nitrogens is 1. The molecule has 0 aromatic carbocycles. The van der Waals surface area contributed by atoms with Gasteiger partial charge in [-0.2, -0.15) is 0 Å². The lowest BCUT2D eigenvalue weighted by Gasteiger charge is -2.32. The minimum atomic E-state index is -0.712. The number of morpholine rings is 1. The number of nitrogens with one attached hydrogen (secondary N) is 2. The lowest BCUT2D eigenvalue weighted by atomic mass is 9.95. The van der Waals surface area contributed by atoms with Crippen LogP contribution in [0.3, 0.4) is 0 Å². The maximum atomic E-state index is 12.2. The standard InChI is InChI=1S/C21H35N5O2S.HI/c1-4-29(27)19-7-5-6-18(12-19)25-21(22-3)24-14-17-8-9-20(23-13-17)26-10-11-28-16(2)15-26;/h8-9,13,16,18-19H,4-7,10-12,14-15H2,1-3H3,(H2,22,24,25);1H. The number of aliphatic imine (C=N–C) groups is 1. The normalized spacial score (nSPS) is 25.9. The maximum Gasteiger partial charge on any atom is 0.191 e. The first kappa shape index (κ1) is 25.3. The smallest absolute Gasteiger partial charge is 0.191 e. The molecule has 1 saturated heterocycles. The zero-order chi connectivity index (χ0) is 20.6. The molecule has 4 unspecified atom stereocenters. The van der Waals surface area contributed by atoms with Crippen molar-refractivity contribution in [1.29, 1.82) is 0 Å². The zero-order valence-electron chi connectivity index (χ0n) is 18.3. The lowest BCUT2D eigenvalue weighted by Crippen LogP contribution is -2.46. The molecule has 1 aliphatic heterocycles. The third-order valence-corrected chi connectivity index (χ3v) is 7.42. The maximum absolute atomic E-state index is 12.2. The fourth-order valence-corrected chi connectivity index (χ4v) is 5.41. The van der Waals surface area contributed by atoms with Gasteiger partial charge in [-0.3, -0.25) is 9.20 Å². The summed E-state index contributed by atoms with van der Waals surface area (Å²) >= 11 is 0. The first-order valence-corrected chi connectivity index (χ1v) is 12.1. The molecule has 2 heterocycles. The van der Waals surface area contributed by atoms with Crippen LogP contribution in [0.2, 0.25) is 0 Å². The Morgan fingerprint density at radius 1 is 1.40 bits per heavy atom. The van der Waals surface area contributed by atoms with Gasteiger partial charge in [0.2, 0.25) is 0 Å². The molecule has 1 aliphatic carbocycles. The van der Waals surface area contributed by atoms with Gasteiger partial charge in [-0.1, -0.05) is 19.4 Å². The molecule has 170 valence electrons. The second-order valence-electron chi connectivity index (χ2n) is 7.88. The summed E-state index contributed by atoms with van der Waals surface area (Å²) in [6.07, 6.45) is 6.43. The fraction of sp³-hybridized carbons (Fsp3) is 0.714. The average molecular weight is 550 g/mol. The van der Waals surface area contributed by atoms with Crippen LogP contribution in [0.25, 0.3) is 0 Å². The van der Waals surface area contributed by atoms with Crippen LogP contribution in [0.5, 0.6) is 0 Å². The van der Waals surface area contributed by atoms with Gasteiger partial charge in [0.05, 0.1) is 12.7 Å². The van der Waals surface area contributed by atoms with Crippen molar-refractivity contribution < 1.29 is 8.95 Å². The van der Waals surface area contributed by atoms with E-state index in [9.17, 15) is 4.21 Å². The molecule has 2 fully saturated rings. The van der Waals surface area contributed by atoms with Crippen LogP contribution < -0.4 is 15.5 Å². The third kappa shape index (κ3) is 7.33. The van der Waals surface area contributed by atoms with E-state index >= 15 is 0 Å². The predicted molar refractivity (Wildman–Crippen MR) is 135 cm³/mol. The van der Waals surface area contributed by atoms with E-state index in [1.165, 1.54) is 0 Å². The highest BCUT2D eigenvalue weighted by Gasteiger charge is 2.26. The average Bonchev–Trinajstić information content (AvgIpc) is 2.76. The van der Waals surface area contributed by atoms with Crippen LogP contribution in [0.1, 0.15) is 45.1 Å². The molecule has 3 rings (SSSR count). The van der Waals surface area contributed by atoms with Gasteiger partial charge in [0, 0.05) is 60.7 Å². The van der Waals surface area contributed by atoms with E-state index in [2.05, 4.69) is 44.6 Å². The second kappa shape index (κ2) is 12.8. The number of pyridine rings is 1. The van der Waals surface area contributed by atoms with Crippen molar-refractivity contribution in [3.8, 4) is 0 Å². The molecule has 9 heteroatoms. The Morgan fingerprint density at radius 3 is 2.90 bits per heavy atom. The molecular weight excluding hydrogens is 513 g/mol. The Balaban J connectivity index is 0.00000320. The number of hydrogen-bond donors (Lipinski definition) is 2. The molecular formula is C21H36IN5O2S. The molecule has 1 aromatic rings. The van der Waals surface area contributed by atoms with Crippen molar-refractivity contribution in [3.05, 3.63) is 23.9 Å². The summed E-state index contributed by atoms with van der Waals surface area (Å²) in [4.78, 5) is 11.3. The second-order valence-corrected chi connectivity index (χ2v) is 9.88. The summed E-state index contributed by atoms with van der Waals surface area (Å²) in [7, 11) is 1.08. The molecule has 0 spiro atoms. The number of rotatable bonds is 6. The molecule has 1 saturated carbocycles. The van der Waals surface area contributed by atoms with Gasteiger partial charge >= 0.3 is 0 Å². The predicted octanol–water partition coefficient (Wildman–Crippen LogP) is 2.67. The van der Waals surface area contributed by atoms with E-state index in [-0.39, 0.29) is 30.1 Å². The molecule has 0 bridgehead atoms. The highest BCUT2D eigenvalue weighted by atomic mass is 127. The van der Waals surface area contributed by atoms with Gasteiger partial charge in [-0.15, -0.1) is 24.0 Å². The van der Waals surface area contributed by atoms with Gasteiger partial charge in [0.25, 0.3) is 0 Å². The highest BCUT2D eigenvalue weighted by Crippen LogP contribution is 2.23. The quantitative estimate of drug-likeness (QED) is 0.323. The van der Waals surface area contributed by atoms with Gasteiger partial charge in [0.15, 0.2) is 5.96 Å². The monoisotopic (exact) mass is 549 g/mol. The zero-order valence-corrected chi connectivity index (χ0v) is 21.4. The van der Waals surface area contributed by atoms with Crippen LogP contribution >= 0.6 is 24.0 Å². The fourth-order valence-electron chi connectivity index (χ4n) is 4.06. The van der Waals surface area contributed by atoms with E-state index in [0.29, 0.717) is 17.8 Å². The van der Waals surface area contributed by atoms with Crippen molar-refractivity contribution in [1.82, 2.24) is 15.6 Å². The first-order valence-electron chi connectivity index (χ1n) is 10.7. The van der Waals surface area contributed by atoms with Crippen LogP contribution in [-0.4, -0.2) is 65.0 Å².